The largest absolute Gasteiger partial charge is 0.269 e. The number of halogens is 5. The average Bonchev–Trinajstić information content (AvgIpc) is 0.850. The van der Waals surface area contributed by atoms with Crippen molar-refractivity contribution in [1.29, 1.82) is 0 Å². The lowest BCUT2D eigenvalue weighted by Gasteiger charge is -2.29. The van der Waals surface area contributed by atoms with Gasteiger partial charge in [0.05, 0.1) is 0 Å². The molecule has 740 valence electrons. The Hall–Kier alpha value is -6.40. The Bertz CT molecular complexity index is 3890. The summed E-state index contributed by atoms with van der Waals surface area (Å²) >= 11 is 22.0. The van der Waals surface area contributed by atoms with Gasteiger partial charge in [0.1, 0.15) is 0 Å². The van der Waals surface area contributed by atoms with Gasteiger partial charge < -0.3 is 0 Å². The zero-order valence-corrected chi connectivity index (χ0v) is 88.0. The van der Waals surface area contributed by atoms with Crippen LogP contribution in [0.25, 0.3) is 0 Å². The van der Waals surface area contributed by atoms with Gasteiger partial charge in [0.25, 0.3) is 0 Å². The summed E-state index contributed by atoms with van der Waals surface area (Å²) in [6.45, 7) is 11.4. The fraction of sp³-hybridized carbons (Fsp3) is 0.520. The Balaban J connectivity index is 0.000000257. The van der Waals surface area contributed by atoms with Crippen molar-refractivity contribution < 1.29 is 23.5 Å². The van der Waals surface area contributed by atoms with Gasteiger partial charge in [0, 0.05) is 24.5 Å². The van der Waals surface area contributed by atoms with E-state index >= 15 is 0 Å². The molecule has 0 unspecified atom stereocenters. The monoisotopic (exact) mass is 1930 g/mol. The van der Waals surface area contributed by atoms with E-state index in [1.165, 1.54) is 377 Å². The number of hydrogen-bond donors (Lipinski definition) is 5. The summed E-state index contributed by atoms with van der Waals surface area (Å²) in [5.41, 5.74) is 22.9. The van der Waals surface area contributed by atoms with E-state index in [4.69, 9.17) is 0 Å². The second-order valence-electron chi connectivity index (χ2n) is 40.2. The van der Waals surface area contributed by atoms with Crippen molar-refractivity contribution in [3.63, 3.8) is 0 Å². The number of hydrogen-bond acceptors (Lipinski definition) is 5. The van der Waals surface area contributed by atoms with E-state index in [-0.39, 0.29) is 23.5 Å². The van der Waals surface area contributed by atoms with Gasteiger partial charge in [-0.1, -0.05) is 345 Å². The van der Waals surface area contributed by atoms with Crippen molar-refractivity contribution in [3.8, 4) is 0 Å². The van der Waals surface area contributed by atoms with E-state index in [1.807, 2.05) is 0 Å². The molecule has 10 aromatic carbocycles. The van der Waals surface area contributed by atoms with E-state index in [0.29, 0.717) is 0 Å². The lowest BCUT2D eigenvalue weighted by molar-refractivity contribution is 0.396. The summed E-state index contributed by atoms with van der Waals surface area (Å²) in [7, 11) is 0. The molecule has 0 aromatic heterocycles. The van der Waals surface area contributed by atoms with Gasteiger partial charge in [-0.3, -0.25) is 23.5 Å². The quantitative estimate of drug-likeness (QED) is 0.0141. The van der Waals surface area contributed by atoms with Crippen LogP contribution in [0, 0.1) is 0 Å². The average molecular weight is 1930 g/mol. The van der Waals surface area contributed by atoms with Crippen molar-refractivity contribution in [2.75, 3.05) is 0 Å². The third-order valence-corrected chi connectivity index (χ3v) is 32.0. The first-order valence-electron chi connectivity index (χ1n) is 53.2. The predicted molar refractivity (Wildman–Crippen MR) is 595 cm³/mol. The van der Waals surface area contributed by atoms with Crippen LogP contribution < -0.4 is 0 Å². The van der Waals surface area contributed by atoms with Gasteiger partial charge in [0.2, 0.25) is 0 Å². The van der Waals surface area contributed by atoms with Gasteiger partial charge in [-0.05, 0) is 396 Å². The van der Waals surface area contributed by atoms with Crippen LogP contribution in [0.3, 0.4) is 0 Å². The number of rotatable bonds is 40. The SMILES string of the molecule is CCCCCCCc1ccc(C2CCC(c3ccc(S)cc3)CC2)cc1.CCCCCCCc1ccc(C2CCC(c3ccc(S)cc3)CC2)cc1.CCCCCCCc1ccc(C2CCC(c3ccc(S)cc3)CC2)cc1.CCCCCCCc1ccc(C2CCC(c3ccc(S)cc3)CC2)cc1.CCCCCCCc1ccc(C2CCC(c3ccc(S)cc3)CC2)cc1.F.F.F.F.F. The summed E-state index contributed by atoms with van der Waals surface area (Å²) in [4.78, 5) is 5.31. The molecule has 0 saturated heterocycles. The van der Waals surface area contributed by atoms with Gasteiger partial charge in [0.15, 0.2) is 0 Å². The molecule has 0 amide bonds. The minimum absolute atomic E-state index is 0. The highest BCUT2D eigenvalue weighted by Gasteiger charge is 2.29. The molecule has 0 bridgehead atoms. The van der Waals surface area contributed by atoms with Crippen LogP contribution in [0.4, 0.5) is 23.5 Å². The Morgan fingerprint density at radius 3 is 0.341 bits per heavy atom. The Kier molecular flexibility index (Phi) is 59.0. The highest BCUT2D eigenvalue weighted by molar-refractivity contribution is 7.81. The molecule has 5 fully saturated rings. The Morgan fingerprint density at radius 1 is 0.141 bits per heavy atom. The zero-order chi connectivity index (χ0) is 91.0. The number of unbranched alkanes of at least 4 members (excludes halogenated alkanes) is 20. The van der Waals surface area contributed by atoms with Crippen LogP contribution in [-0.4, -0.2) is 0 Å². The van der Waals surface area contributed by atoms with Crippen LogP contribution in [0.5, 0.6) is 0 Å². The summed E-state index contributed by atoms with van der Waals surface area (Å²) < 4.78 is 0. The molecule has 0 atom stereocenters. The molecule has 0 N–H and O–H groups in total. The van der Waals surface area contributed by atoms with Crippen molar-refractivity contribution in [3.05, 3.63) is 326 Å². The first-order valence-corrected chi connectivity index (χ1v) is 55.4. The Labute approximate surface area is 845 Å². The van der Waals surface area contributed by atoms with Gasteiger partial charge in [-0.25, -0.2) is 0 Å². The maximum Gasteiger partial charge on any atom is 0.00401 e. The third kappa shape index (κ3) is 42.1. The summed E-state index contributed by atoms with van der Waals surface area (Å²) in [6.07, 6.45) is 66.8. The first-order chi connectivity index (χ1) is 63.8. The summed E-state index contributed by atoms with van der Waals surface area (Å²) in [5.74, 6) is 7.48. The molecular formula is C125H175F5S5. The van der Waals surface area contributed by atoms with Crippen LogP contribution in [0.2, 0.25) is 0 Å². The lowest BCUT2D eigenvalue weighted by Crippen LogP contribution is -2.12. The molecule has 5 aliphatic rings. The fourth-order valence-corrected chi connectivity index (χ4v) is 22.7. The van der Waals surface area contributed by atoms with E-state index in [0.717, 1.165) is 83.7 Å². The zero-order valence-electron chi connectivity index (χ0n) is 83.5. The smallest absolute Gasteiger partial charge is 0.00401 e. The molecule has 10 aromatic rings. The molecule has 135 heavy (non-hydrogen) atoms. The standard InChI is InChI=1S/5C25H34S.5FH/c5*1-2-3-4-5-6-7-20-8-10-21(11-9-20)22-12-14-23(15-13-22)24-16-18-25(26)19-17-24;;;;;/h5*8-11,16-19,22-23,26H,2-7,12-15H2,1H3;5*1H. The first kappa shape index (κ1) is 117. The number of thiol groups is 5. The van der Waals surface area contributed by atoms with Crippen LogP contribution in [0.1, 0.15) is 466 Å². The molecule has 15 rings (SSSR count). The van der Waals surface area contributed by atoms with Gasteiger partial charge in [-0.15, -0.1) is 63.1 Å². The predicted octanol–water partition coefficient (Wildman–Crippen LogP) is 40.4. The molecule has 5 saturated carbocycles. The lowest BCUT2D eigenvalue weighted by atomic mass is 9.76. The topological polar surface area (TPSA) is 0 Å². The minimum Gasteiger partial charge on any atom is -0.269 e. The molecule has 0 nitrogen and oxygen atoms in total. The number of aryl methyl sites for hydroxylation is 5. The summed E-state index contributed by atoms with van der Waals surface area (Å²) in [5, 5.41) is 0. The van der Waals surface area contributed by atoms with Gasteiger partial charge in [-0.2, -0.15) is 0 Å². The Morgan fingerprint density at radius 2 is 0.237 bits per heavy atom. The van der Waals surface area contributed by atoms with E-state index in [9.17, 15) is 0 Å². The third-order valence-electron chi connectivity index (χ3n) is 30.6. The van der Waals surface area contributed by atoms with Crippen molar-refractivity contribution >= 4 is 63.1 Å². The van der Waals surface area contributed by atoms with Crippen LogP contribution in [-0.2, 0) is 32.1 Å². The minimum atomic E-state index is 0. The van der Waals surface area contributed by atoms with Gasteiger partial charge >= 0.3 is 0 Å². The molecule has 0 heterocycles. The second kappa shape index (κ2) is 67.9. The van der Waals surface area contributed by atoms with E-state index in [1.54, 1.807) is 27.8 Å². The van der Waals surface area contributed by atoms with Crippen molar-refractivity contribution in [2.45, 2.75) is 439 Å². The number of benzene rings is 10. The highest BCUT2D eigenvalue weighted by Crippen LogP contribution is 2.47. The second-order valence-corrected chi connectivity index (χ2v) is 42.8. The summed E-state index contributed by atoms with van der Waals surface area (Å²) in [6, 6.07) is 91.8. The maximum absolute atomic E-state index is 4.40. The van der Waals surface area contributed by atoms with E-state index in [2.05, 4.69) is 340 Å². The van der Waals surface area contributed by atoms with Crippen LogP contribution >= 0.6 is 63.1 Å². The highest BCUT2D eigenvalue weighted by atomic mass is 32.1. The maximum atomic E-state index is 4.40. The molecule has 10 heteroatoms. The molecule has 0 radical (unpaired) electrons. The molecular weight excluding hydrogens is 1760 g/mol. The fourth-order valence-electron chi connectivity index (χ4n) is 22.0. The van der Waals surface area contributed by atoms with Crippen LogP contribution in [0.15, 0.2) is 267 Å². The molecule has 0 aliphatic heterocycles. The normalized spacial score (nSPS) is 19.5. The van der Waals surface area contributed by atoms with E-state index < -0.39 is 0 Å². The van der Waals surface area contributed by atoms with Crippen molar-refractivity contribution in [1.82, 2.24) is 0 Å². The molecule has 5 aliphatic carbocycles. The van der Waals surface area contributed by atoms with Crippen molar-refractivity contribution in [2.24, 2.45) is 0 Å². The molecule has 0 spiro atoms.